The first-order valence-electron chi connectivity index (χ1n) is 6.91. The van der Waals surface area contributed by atoms with Gasteiger partial charge in [-0.05, 0) is 50.3 Å². The normalized spacial score (nSPS) is 20.6. The number of nitrogens with zero attached hydrogens (tertiary/aromatic N) is 1. The van der Waals surface area contributed by atoms with E-state index in [0.29, 0.717) is 6.04 Å². The summed E-state index contributed by atoms with van der Waals surface area (Å²) in [6.45, 7) is 4.23. The summed E-state index contributed by atoms with van der Waals surface area (Å²) in [7, 11) is 0. The second-order valence-electron chi connectivity index (χ2n) is 4.90. The summed E-state index contributed by atoms with van der Waals surface area (Å²) in [5.74, 6) is 0. The average Bonchev–Trinajstić information content (AvgIpc) is 2.40. The number of rotatable bonds is 4. The first-order valence-corrected chi connectivity index (χ1v) is 6.91. The number of nitrogens with two attached hydrogens (primary N) is 1. The third-order valence-electron chi connectivity index (χ3n) is 3.81. The molecule has 0 radical (unpaired) electrons. The van der Waals surface area contributed by atoms with Crippen LogP contribution in [0.5, 0.6) is 0 Å². The van der Waals surface area contributed by atoms with Gasteiger partial charge < -0.3 is 10.6 Å². The molecule has 17 heavy (non-hydrogen) atoms. The van der Waals surface area contributed by atoms with Crippen molar-refractivity contribution in [2.45, 2.75) is 45.1 Å². The van der Waals surface area contributed by atoms with E-state index in [-0.39, 0.29) is 0 Å². The highest BCUT2D eigenvalue weighted by Crippen LogP contribution is 2.29. The van der Waals surface area contributed by atoms with Crippen LogP contribution in [0.4, 0.5) is 5.69 Å². The summed E-state index contributed by atoms with van der Waals surface area (Å²) >= 11 is 0. The van der Waals surface area contributed by atoms with Crippen LogP contribution in [0, 0.1) is 0 Å². The van der Waals surface area contributed by atoms with E-state index in [4.69, 9.17) is 5.73 Å². The maximum Gasteiger partial charge on any atom is 0.0401 e. The zero-order chi connectivity index (χ0) is 12.1. The molecular formula is C15H24N2. The molecule has 1 heterocycles. The molecule has 1 fully saturated rings. The summed E-state index contributed by atoms with van der Waals surface area (Å²) in [4.78, 5) is 2.59. The number of aryl methyl sites for hydroxylation is 1. The fourth-order valence-corrected chi connectivity index (χ4v) is 2.90. The molecule has 1 aromatic carbocycles. The number of benzene rings is 1. The standard InChI is InChI=1S/C15H24N2/c1-2-13-7-3-4-9-15(13)17-12-6-5-8-14(17)10-11-16/h3-4,7,9,14H,2,5-6,8,10-12,16H2,1H3. The van der Waals surface area contributed by atoms with Gasteiger partial charge in [0.2, 0.25) is 0 Å². The van der Waals surface area contributed by atoms with Crippen LogP contribution in [-0.2, 0) is 6.42 Å². The van der Waals surface area contributed by atoms with Crippen LogP contribution in [-0.4, -0.2) is 19.1 Å². The van der Waals surface area contributed by atoms with Gasteiger partial charge in [0.15, 0.2) is 0 Å². The van der Waals surface area contributed by atoms with E-state index in [9.17, 15) is 0 Å². The van der Waals surface area contributed by atoms with Gasteiger partial charge in [-0.1, -0.05) is 25.1 Å². The molecule has 1 aliphatic rings. The highest BCUT2D eigenvalue weighted by Gasteiger charge is 2.22. The Morgan fingerprint density at radius 1 is 1.29 bits per heavy atom. The Morgan fingerprint density at radius 3 is 2.88 bits per heavy atom. The molecule has 2 nitrogen and oxygen atoms in total. The van der Waals surface area contributed by atoms with Crippen LogP contribution < -0.4 is 10.6 Å². The molecule has 1 saturated heterocycles. The van der Waals surface area contributed by atoms with Crippen molar-refractivity contribution in [1.29, 1.82) is 0 Å². The number of hydrogen-bond donors (Lipinski definition) is 1. The van der Waals surface area contributed by atoms with E-state index in [1.165, 1.54) is 37.1 Å². The highest BCUT2D eigenvalue weighted by molar-refractivity contribution is 5.54. The molecule has 94 valence electrons. The minimum absolute atomic E-state index is 0.654. The Bertz CT molecular complexity index is 347. The minimum atomic E-state index is 0.654. The Balaban J connectivity index is 2.22. The van der Waals surface area contributed by atoms with Crippen molar-refractivity contribution in [3.8, 4) is 0 Å². The lowest BCUT2D eigenvalue weighted by molar-refractivity contribution is 0.441. The van der Waals surface area contributed by atoms with Gasteiger partial charge in [0.1, 0.15) is 0 Å². The molecule has 0 aromatic heterocycles. The fraction of sp³-hybridized carbons (Fsp3) is 0.600. The Kier molecular flexibility index (Phi) is 4.43. The van der Waals surface area contributed by atoms with E-state index >= 15 is 0 Å². The van der Waals surface area contributed by atoms with Gasteiger partial charge in [0.25, 0.3) is 0 Å². The smallest absolute Gasteiger partial charge is 0.0401 e. The van der Waals surface area contributed by atoms with Crippen LogP contribution in [0.1, 0.15) is 38.2 Å². The lowest BCUT2D eigenvalue weighted by Gasteiger charge is -2.38. The lowest BCUT2D eigenvalue weighted by atomic mass is 9.97. The van der Waals surface area contributed by atoms with E-state index < -0.39 is 0 Å². The van der Waals surface area contributed by atoms with Gasteiger partial charge >= 0.3 is 0 Å². The number of hydrogen-bond acceptors (Lipinski definition) is 2. The topological polar surface area (TPSA) is 29.3 Å². The Labute approximate surface area is 105 Å². The van der Waals surface area contributed by atoms with E-state index in [0.717, 1.165) is 19.4 Å². The molecule has 0 bridgehead atoms. The number of para-hydroxylation sites is 1. The molecule has 2 heteroatoms. The maximum absolute atomic E-state index is 5.74. The van der Waals surface area contributed by atoms with Gasteiger partial charge in [-0.25, -0.2) is 0 Å². The van der Waals surface area contributed by atoms with E-state index in [1.807, 2.05) is 0 Å². The van der Waals surface area contributed by atoms with Gasteiger partial charge in [-0.15, -0.1) is 0 Å². The molecule has 2 N–H and O–H groups in total. The van der Waals surface area contributed by atoms with Gasteiger partial charge in [0, 0.05) is 18.3 Å². The van der Waals surface area contributed by atoms with Crippen LogP contribution in [0.15, 0.2) is 24.3 Å². The van der Waals surface area contributed by atoms with Crippen LogP contribution in [0.3, 0.4) is 0 Å². The van der Waals surface area contributed by atoms with Crippen molar-refractivity contribution in [3.63, 3.8) is 0 Å². The molecule has 1 atom stereocenters. The van der Waals surface area contributed by atoms with Gasteiger partial charge in [-0.3, -0.25) is 0 Å². The number of anilines is 1. The van der Waals surface area contributed by atoms with E-state index in [2.05, 4.69) is 36.1 Å². The van der Waals surface area contributed by atoms with Crippen LogP contribution >= 0.6 is 0 Å². The Morgan fingerprint density at radius 2 is 2.12 bits per heavy atom. The summed E-state index contributed by atoms with van der Waals surface area (Å²) in [6.07, 6.45) is 6.21. The monoisotopic (exact) mass is 232 g/mol. The third-order valence-corrected chi connectivity index (χ3v) is 3.81. The van der Waals surface area contributed by atoms with Crippen molar-refractivity contribution >= 4 is 5.69 Å². The van der Waals surface area contributed by atoms with Crippen molar-refractivity contribution < 1.29 is 0 Å². The average molecular weight is 232 g/mol. The fourth-order valence-electron chi connectivity index (χ4n) is 2.90. The maximum atomic E-state index is 5.74. The predicted octanol–water partition coefficient (Wildman–Crippen LogP) is 2.96. The van der Waals surface area contributed by atoms with Crippen molar-refractivity contribution in [1.82, 2.24) is 0 Å². The van der Waals surface area contributed by atoms with Gasteiger partial charge in [-0.2, -0.15) is 0 Å². The van der Waals surface area contributed by atoms with Crippen LogP contribution in [0.25, 0.3) is 0 Å². The Hall–Kier alpha value is -1.02. The molecular weight excluding hydrogens is 208 g/mol. The molecule has 0 aliphatic carbocycles. The molecule has 0 saturated carbocycles. The van der Waals surface area contributed by atoms with Gasteiger partial charge in [0.05, 0.1) is 0 Å². The molecule has 0 spiro atoms. The zero-order valence-corrected chi connectivity index (χ0v) is 10.9. The SMILES string of the molecule is CCc1ccccc1N1CCCCC1CCN. The summed E-state index contributed by atoms with van der Waals surface area (Å²) in [5.41, 5.74) is 8.65. The van der Waals surface area contributed by atoms with Crippen molar-refractivity contribution in [2.75, 3.05) is 18.0 Å². The second-order valence-corrected chi connectivity index (χ2v) is 4.90. The molecule has 0 amide bonds. The molecule has 1 unspecified atom stereocenters. The third kappa shape index (κ3) is 2.81. The van der Waals surface area contributed by atoms with Crippen LogP contribution in [0.2, 0.25) is 0 Å². The summed E-state index contributed by atoms with van der Waals surface area (Å²) in [5, 5.41) is 0. The lowest BCUT2D eigenvalue weighted by Crippen LogP contribution is -2.41. The zero-order valence-electron chi connectivity index (χ0n) is 10.9. The number of piperidine rings is 1. The molecule has 1 aliphatic heterocycles. The van der Waals surface area contributed by atoms with Crippen molar-refractivity contribution in [2.24, 2.45) is 5.73 Å². The molecule has 1 aromatic rings. The predicted molar refractivity (Wildman–Crippen MR) is 74.5 cm³/mol. The van der Waals surface area contributed by atoms with E-state index in [1.54, 1.807) is 0 Å². The highest BCUT2D eigenvalue weighted by atomic mass is 15.2. The summed E-state index contributed by atoms with van der Waals surface area (Å²) < 4.78 is 0. The summed E-state index contributed by atoms with van der Waals surface area (Å²) in [6, 6.07) is 9.48. The first kappa shape index (κ1) is 12.4. The largest absolute Gasteiger partial charge is 0.368 e. The second kappa shape index (κ2) is 6.06. The van der Waals surface area contributed by atoms with Crippen molar-refractivity contribution in [3.05, 3.63) is 29.8 Å². The minimum Gasteiger partial charge on any atom is -0.368 e. The molecule has 2 rings (SSSR count). The quantitative estimate of drug-likeness (QED) is 0.865. The first-order chi connectivity index (χ1) is 8.36.